The Morgan fingerprint density at radius 1 is 1.23 bits per heavy atom. The van der Waals surface area contributed by atoms with Gasteiger partial charge in [0.15, 0.2) is 0 Å². The third-order valence-corrected chi connectivity index (χ3v) is 4.58. The van der Waals surface area contributed by atoms with Gasteiger partial charge in [-0.2, -0.15) is 0 Å². The molecule has 2 heterocycles. The molecule has 1 fully saturated rings. The third-order valence-electron chi connectivity index (χ3n) is 3.95. The van der Waals surface area contributed by atoms with Crippen LogP contribution in [0.2, 0.25) is 10.0 Å². The summed E-state index contributed by atoms with van der Waals surface area (Å²) in [5.74, 6) is 0.953. The van der Waals surface area contributed by atoms with Crippen LogP contribution >= 0.6 is 23.2 Å². The van der Waals surface area contributed by atoms with E-state index in [1.807, 2.05) is 0 Å². The molecule has 0 amide bonds. The van der Waals surface area contributed by atoms with Crippen molar-refractivity contribution in [3.05, 3.63) is 34.1 Å². The smallest absolute Gasteiger partial charge is 0.250 e. The maximum atomic E-state index is 6.18. The van der Waals surface area contributed by atoms with Crippen molar-refractivity contribution in [1.29, 1.82) is 0 Å². The first kappa shape index (κ1) is 15.7. The molecule has 0 saturated carbocycles. The van der Waals surface area contributed by atoms with E-state index in [1.165, 1.54) is 0 Å². The van der Waals surface area contributed by atoms with Crippen LogP contribution in [0.4, 0.5) is 0 Å². The second kappa shape index (κ2) is 6.54. The summed E-state index contributed by atoms with van der Waals surface area (Å²) in [6.07, 6.45) is 0. The minimum atomic E-state index is 0.368. The second-order valence-corrected chi connectivity index (χ2v) is 6.49. The highest BCUT2D eigenvalue weighted by atomic mass is 35.5. The summed E-state index contributed by atoms with van der Waals surface area (Å²) in [4.78, 5) is 4.66. The highest BCUT2D eigenvalue weighted by molar-refractivity contribution is 6.38. The lowest BCUT2D eigenvalue weighted by molar-refractivity contribution is 0.0860. The zero-order valence-corrected chi connectivity index (χ0v) is 14.1. The van der Waals surface area contributed by atoms with Crippen LogP contribution in [0, 0.1) is 0 Å². The summed E-state index contributed by atoms with van der Waals surface area (Å²) < 4.78 is 5.76. The Morgan fingerprint density at radius 3 is 2.64 bits per heavy atom. The predicted octanol–water partition coefficient (Wildman–Crippen LogP) is 3.18. The third kappa shape index (κ3) is 3.27. The Labute approximate surface area is 139 Å². The summed E-state index contributed by atoms with van der Waals surface area (Å²) in [6, 6.07) is 5.76. The van der Waals surface area contributed by atoms with E-state index >= 15 is 0 Å². The van der Waals surface area contributed by atoms with Gasteiger partial charge in [-0.1, -0.05) is 29.3 Å². The van der Waals surface area contributed by atoms with Crippen LogP contribution in [0.5, 0.6) is 0 Å². The number of nitrogens with zero attached hydrogens (tertiary/aromatic N) is 4. The molecule has 2 aromatic rings. The summed E-state index contributed by atoms with van der Waals surface area (Å²) in [6.45, 7) is 5.92. The number of likely N-dealkylation sites (N-methyl/N-ethyl adjacent to an activating group) is 1. The molecule has 5 nitrogen and oxygen atoms in total. The van der Waals surface area contributed by atoms with Crippen LogP contribution in [-0.4, -0.2) is 52.7 Å². The molecule has 1 aliphatic rings. The lowest BCUT2D eigenvalue weighted by atomic mass is 10.2. The quantitative estimate of drug-likeness (QED) is 0.858. The fourth-order valence-electron chi connectivity index (χ4n) is 2.71. The molecule has 1 saturated heterocycles. The van der Waals surface area contributed by atoms with Crippen molar-refractivity contribution in [2.45, 2.75) is 19.5 Å². The molecule has 1 aromatic heterocycles. The predicted molar refractivity (Wildman–Crippen MR) is 87.1 cm³/mol. The van der Waals surface area contributed by atoms with Crippen LogP contribution in [0.25, 0.3) is 11.5 Å². The summed E-state index contributed by atoms with van der Waals surface area (Å²) in [5, 5.41) is 9.24. The molecule has 0 radical (unpaired) electrons. The zero-order valence-electron chi connectivity index (χ0n) is 12.6. The topological polar surface area (TPSA) is 45.4 Å². The number of benzene rings is 1. The first-order valence-electron chi connectivity index (χ1n) is 7.24. The number of piperazine rings is 1. The molecule has 0 bridgehead atoms. The summed E-state index contributed by atoms with van der Waals surface area (Å²) in [7, 11) is 2.14. The van der Waals surface area contributed by atoms with Gasteiger partial charge in [0.2, 0.25) is 5.89 Å². The van der Waals surface area contributed by atoms with Gasteiger partial charge < -0.3 is 9.32 Å². The number of hydrogen-bond donors (Lipinski definition) is 0. The van der Waals surface area contributed by atoms with Gasteiger partial charge in [0, 0.05) is 25.7 Å². The molecule has 7 heteroatoms. The first-order valence-corrected chi connectivity index (χ1v) is 7.99. The lowest BCUT2D eigenvalue weighted by Crippen LogP contribution is -2.49. The zero-order chi connectivity index (χ0) is 15.7. The number of hydrogen-bond acceptors (Lipinski definition) is 5. The van der Waals surface area contributed by atoms with E-state index < -0.39 is 0 Å². The average Bonchev–Trinajstić information content (AvgIpc) is 2.90. The van der Waals surface area contributed by atoms with E-state index in [-0.39, 0.29) is 0 Å². The summed E-state index contributed by atoms with van der Waals surface area (Å²) >= 11 is 12.4. The van der Waals surface area contributed by atoms with E-state index in [0.717, 1.165) is 19.6 Å². The minimum absolute atomic E-state index is 0.368. The molecule has 1 aromatic carbocycles. The van der Waals surface area contributed by atoms with Gasteiger partial charge in [-0.25, -0.2) is 0 Å². The molecule has 1 aliphatic heterocycles. The summed E-state index contributed by atoms with van der Waals surface area (Å²) in [5.41, 5.74) is 0.594. The van der Waals surface area contributed by atoms with Gasteiger partial charge in [-0.15, -0.1) is 10.2 Å². The van der Waals surface area contributed by atoms with Crippen molar-refractivity contribution < 1.29 is 4.42 Å². The van der Waals surface area contributed by atoms with Crippen molar-refractivity contribution in [2.75, 3.05) is 26.7 Å². The number of halogens is 2. The van der Waals surface area contributed by atoms with Crippen LogP contribution < -0.4 is 0 Å². The Morgan fingerprint density at radius 2 is 1.95 bits per heavy atom. The Kier molecular flexibility index (Phi) is 4.68. The molecule has 0 N–H and O–H groups in total. The second-order valence-electron chi connectivity index (χ2n) is 5.68. The van der Waals surface area contributed by atoms with Gasteiger partial charge >= 0.3 is 0 Å². The van der Waals surface area contributed by atoms with Gasteiger partial charge in [-0.3, -0.25) is 4.90 Å². The van der Waals surface area contributed by atoms with Crippen molar-refractivity contribution in [3.63, 3.8) is 0 Å². The molecule has 0 spiro atoms. The molecule has 22 heavy (non-hydrogen) atoms. The Bertz CT molecular complexity index is 640. The average molecular weight is 341 g/mol. The maximum Gasteiger partial charge on any atom is 0.250 e. The lowest BCUT2D eigenvalue weighted by Gasteiger charge is -2.37. The van der Waals surface area contributed by atoms with E-state index in [4.69, 9.17) is 27.6 Å². The van der Waals surface area contributed by atoms with E-state index in [1.54, 1.807) is 18.2 Å². The Balaban J connectivity index is 1.77. The van der Waals surface area contributed by atoms with Crippen molar-refractivity contribution >= 4 is 23.2 Å². The van der Waals surface area contributed by atoms with Crippen LogP contribution in [0.3, 0.4) is 0 Å². The van der Waals surface area contributed by atoms with E-state index in [0.29, 0.717) is 40.0 Å². The first-order chi connectivity index (χ1) is 10.5. The van der Waals surface area contributed by atoms with E-state index in [2.05, 4.69) is 34.0 Å². The number of aromatic nitrogens is 2. The standard InChI is InChI=1S/C15H18Cl2N4O/c1-10-8-20(2)6-7-21(10)9-13-18-19-15(22-13)14-11(16)4-3-5-12(14)17/h3-5,10H,6-9H2,1-2H3/t10-/m0/s1. The minimum Gasteiger partial charge on any atom is -0.419 e. The highest BCUT2D eigenvalue weighted by Gasteiger charge is 2.24. The SMILES string of the molecule is C[C@H]1CN(C)CCN1Cc1nnc(-c2c(Cl)cccc2Cl)o1. The molecular formula is C15H18Cl2N4O. The van der Waals surface area contributed by atoms with Gasteiger partial charge in [0.05, 0.1) is 22.2 Å². The van der Waals surface area contributed by atoms with Crippen molar-refractivity contribution in [2.24, 2.45) is 0 Å². The van der Waals surface area contributed by atoms with Crippen molar-refractivity contribution in [3.8, 4) is 11.5 Å². The van der Waals surface area contributed by atoms with Gasteiger partial charge in [0.1, 0.15) is 0 Å². The van der Waals surface area contributed by atoms with Crippen molar-refractivity contribution in [1.82, 2.24) is 20.0 Å². The molecule has 0 unspecified atom stereocenters. The molecule has 118 valence electrons. The van der Waals surface area contributed by atoms with Crippen LogP contribution in [0.1, 0.15) is 12.8 Å². The van der Waals surface area contributed by atoms with Crippen LogP contribution in [-0.2, 0) is 6.54 Å². The van der Waals surface area contributed by atoms with E-state index in [9.17, 15) is 0 Å². The number of rotatable bonds is 3. The fourth-order valence-corrected chi connectivity index (χ4v) is 3.27. The fraction of sp³-hybridized carbons (Fsp3) is 0.467. The van der Waals surface area contributed by atoms with Crippen LogP contribution in [0.15, 0.2) is 22.6 Å². The molecule has 0 aliphatic carbocycles. The van der Waals surface area contributed by atoms with Gasteiger partial charge in [-0.05, 0) is 26.1 Å². The molecule has 3 rings (SSSR count). The highest BCUT2D eigenvalue weighted by Crippen LogP contribution is 2.33. The van der Waals surface area contributed by atoms with Gasteiger partial charge in [0.25, 0.3) is 5.89 Å². The Hall–Kier alpha value is -1.14. The molecular weight excluding hydrogens is 323 g/mol. The largest absolute Gasteiger partial charge is 0.419 e. The monoisotopic (exact) mass is 340 g/mol. The molecule has 1 atom stereocenters. The normalized spacial score (nSPS) is 20.5. The maximum absolute atomic E-state index is 6.18.